The van der Waals surface area contributed by atoms with Gasteiger partial charge in [-0.1, -0.05) is 30.3 Å². The fourth-order valence-electron chi connectivity index (χ4n) is 1.82. The maximum Gasteiger partial charge on any atom is 0.132 e. The normalized spacial score (nSPS) is 10.8. The van der Waals surface area contributed by atoms with Gasteiger partial charge in [-0.05, 0) is 18.2 Å². The molecule has 16 heavy (non-hydrogen) atoms. The second-order valence-electron chi connectivity index (χ2n) is 3.60. The molecule has 3 heteroatoms. The van der Waals surface area contributed by atoms with Gasteiger partial charge in [-0.15, -0.1) is 0 Å². The van der Waals surface area contributed by atoms with Crippen LogP contribution in [0, 0.1) is 5.82 Å². The molecule has 3 rings (SSSR count). The highest BCUT2D eigenvalue weighted by Gasteiger charge is 2.10. The zero-order valence-electron chi connectivity index (χ0n) is 8.44. The van der Waals surface area contributed by atoms with Crippen molar-refractivity contribution in [2.75, 3.05) is 0 Å². The summed E-state index contributed by atoms with van der Waals surface area (Å²) in [6, 6.07) is 14.4. The van der Waals surface area contributed by atoms with Crippen molar-refractivity contribution in [2.45, 2.75) is 0 Å². The lowest BCUT2D eigenvalue weighted by Crippen LogP contribution is -1.83. The number of rotatable bonds is 1. The van der Waals surface area contributed by atoms with Crippen molar-refractivity contribution in [3.05, 3.63) is 54.3 Å². The monoisotopic (exact) mass is 212 g/mol. The second kappa shape index (κ2) is 3.45. The van der Waals surface area contributed by atoms with Crippen LogP contribution in [0.1, 0.15) is 0 Å². The fraction of sp³-hybridized carbons (Fsp3) is 0. The van der Waals surface area contributed by atoms with E-state index in [1.54, 1.807) is 12.1 Å². The van der Waals surface area contributed by atoms with E-state index < -0.39 is 0 Å². The number of aromatic amines is 1. The van der Waals surface area contributed by atoms with Crippen LogP contribution in [-0.2, 0) is 0 Å². The second-order valence-corrected chi connectivity index (χ2v) is 3.60. The number of hydrogen-bond acceptors (Lipinski definition) is 1. The van der Waals surface area contributed by atoms with Crippen molar-refractivity contribution >= 4 is 10.9 Å². The zero-order chi connectivity index (χ0) is 11.0. The molecule has 0 aliphatic carbocycles. The van der Waals surface area contributed by atoms with Gasteiger partial charge in [0.25, 0.3) is 0 Å². The molecule has 0 saturated heterocycles. The van der Waals surface area contributed by atoms with E-state index >= 15 is 0 Å². The predicted octanol–water partition coefficient (Wildman–Crippen LogP) is 3.37. The van der Waals surface area contributed by atoms with E-state index in [2.05, 4.69) is 10.2 Å². The van der Waals surface area contributed by atoms with Gasteiger partial charge in [-0.3, -0.25) is 5.10 Å². The molecule has 0 amide bonds. The summed E-state index contributed by atoms with van der Waals surface area (Å²) in [5.41, 5.74) is 2.11. The first kappa shape index (κ1) is 9.09. The van der Waals surface area contributed by atoms with Crippen LogP contribution < -0.4 is 0 Å². The first-order valence-electron chi connectivity index (χ1n) is 5.04. The molecule has 0 bridgehead atoms. The Morgan fingerprint density at radius 3 is 2.56 bits per heavy atom. The summed E-state index contributed by atoms with van der Waals surface area (Å²) in [6.07, 6.45) is 0. The Balaban J connectivity index is 2.31. The molecule has 0 aliphatic heterocycles. The molecule has 0 atom stereocenters. The lowest BCUT2D eigenvalue weighted by molar-refractivity contribution is 0.631. The molecule has 2 nitrogen and oxygen atoms in total. The van der Waals surface area contributed by atoms with Gasteiger partial charge in [0.05, 0.1) is 5.52 Å². The SMILES string of the molecule is Fc1ccccc1-c1n[nH]c2ccccc12. The number of nitrogens with one attached hydrogen (secondary N) is 1. The van der Waals surface area contributed by atoms with E-state index in [1.807, 2.05) is 30.3 Å². The minimum absolute atomic E-state index is 0.250. The molecule has 1 heterocycles. The van der Waals surface area contributed by atoms with Crippen LogP contribution in [0.15, 0.2) is 48.5 Å². The van der Waals surface area contributed by atoms with E-state index in [0.29, 0.717) is 11.3 Å². The highest BCUT2D eigenvalue weighted by molar-refractivity contribution is 5.92. The lowest BCUT2D eigenvalue weighted by atomic mass is 10.1. The fourth-order valence-corrected chi connectivity index (χ4v) is 1.82. The van der Waals surface area contributed by atoms with E-state index in [0.717, 1.165) is 10.9 Å². The Hall–Kier alpha value is -2.16. The van der Waals surface area contributed by atoms with E-state index in [4.69, 9.17) is 0 Å². The lowest BCUT2D eigenvalue weighted by Gasteiger charge is -1.98. The van der Waals surface area contributed by atoms with Gasteiger partial charge >= 0.3 is 0 Å². The number of benzene rings is 2. The molecule has 0 spiro atoms. The number of para-hydroxylation sites is 1. The van der Waals surface area contributed by atoms with E-state index in [-0.39, 0.29) is 5.82 Å². The van der Waals surface area contributed by atoms with Crippen LogP contribution >= 0.6 is 0 Å². The highest BCUT2D eigenvalue weighted by atomic mass is 19.1. The standard InChI is InChI=1S/C13H9FN2/c14-11-7-3-1-5-9(11)13-10-6-2-4-8-12(10)15-16-13/h1-8H,(H,15,16). The Kier molecular flexibility index (Phi) is 1.96. The van der Waals surface area contributed by atoms with Crippen LogP contribution in [0.5, 0.6) is 0 Å². The van der Waals surface area contributed by atoms with Gasteiger partial charge in [0.15, 0.2) is 0 Å². The van der Waals surface area contributed by atoms with Gasteiger partial charge in [0, 0.05) is 10.9 Å². The predicted molar refractivity (Wildman–Crippen MR) is 61.5 cm³/mol. The number of halogens is 1. The molecule has 0 fully saturated rings. The van der Waals surface area contributed by atoms with Gasteiger partial charge in [-0.2, -0.15) is 5.10 Å². The van der Waals surface area contributed by atoms with Gasteiger partial charge in [0.2, 0.25) is 0 Å². The van der Waals surface area contributed by atoms with Crippen molar-refractivity contribution in [2.24, 2.45) is 0 Å². The number of aromatic nitrogens is 2. The summed E-state index contributed by atoms with van der Waals surface area (Å²) in [5, 5.41) is 8.00. The maximum atomic E-state index is 13.6. The quantitative estimate of drug-likeness (QED) is 0.658. The highest BCUT2D eigenvalue weighted by Crippen LogP contribution is 2.27. The van der Waals surface area contributed by atoms with Gasteiger partial charge < -0.3 is 0 Å². The summed E-state index contributed by atoms with van der Waals surface area (Å²) in [4.78, 5) is 0. The number of H-pyrrole nitrogens is 1. The third-order valence-corrected chi connectivity index (χ3v) is 2.60. The Morgan fingerprint density at radius 1 is 0.938 bits per heavy atom. The minimum atomic E-state index is -0.250. The molecular formula is C13H9FN2. The Bertz CT molecular complexity index is 643. The Morgan fingerprint density at radius 2 is 1.69 bits per heavy atom. The van der Waals surface area contributed by atoms with Crippen LogP contribution in [-0.4, -0.2) is 10.2 Å². The van der Waals surface area contributed by atoms with Crippen LogP contribution in [0.25, 0.3) is 22.2 Å². The van der Waals surface area contributed by atoms with Crippen molar-refractivity contribution in [3.8, 4) is 11.3 Å². The molecule has 78 valence electrons. The third kappa shape index (κ3) is 1.29. The van der Waals surface area contributed by atoms with Gasteiger partial charge in [0.1, 0.15) is 11.5 Å². The zero-order valence-corrected chi connectivity index (χ0v) is 8.44. The smallest absolute Gasteiger partial charge is 0.132 e. The molecular weight excluding hydrogens is 203 g/mol. The molecule has 0 saturated carbocycles. The first-order chi connectivity index (χ1) is 7.86. The number of hydrogen-bond donors (Lipinski definition) is 1. The summed E-state index contributed by atoms with van der Waals surface area (Å²) in [5.74, 6) is -0.250. The molecule has 3 aromatic rings. The molecule has 0 aliphatic rings. The molecule has 1 aromatic heterocycles. The number of fused-ring (bicyclic) bond motifs is 1. The Labute approximate surface area is 91.7 Å². The van der Waals surface area contributed by atoms with Gasteiger partial charge in [-0.25, -0.2) is 4.39 Å². The average Bonchev–Trinajstić information content (AvgIpc) is 2.74. The molecule has 2 aromatic carbocycles. The summed E-state index contributed by atoms with van der Waals surface area (Å²) in [7, 11) is 0. The van der Waals surface area contributed by atoms with Crippen LogP contribution in [0.3, 0.4) is 0 Å². The number of nitrogens with zero attached hydrogens (tertiary/aromatic N) is 1. The van der Waals surface area contributed by atoms with Crippen molar-refractivity contribution in [1.82, 2.24) is 10.2 Å². The molecule has 0 unspecified atom stereocenters. The minimum Gasteiger partial charge on any atom is -0.277 e. The van der Waals surface area contributed by atoms with E-state index in [9.17, 15) is 4.39 Å². The van der Waals surface area contributed by atoms with Crippen LogP contribution in [0.2, 0.25) is 0 Å². The van der Waals surface area contributed by atoms with E-state index in [1.165, 1.54) is 6.07 Å². The molecule has 0 radical (unpaired) electrons. The average molecular weight is 212 g/mol. The van der Waals surface area contributed by atoms with Crippen molar-refractivity contribution in [3.63, 3.8) is 0 Å². The topological polar surface area (TPSA) is 28.7 Å². The molecule has 1 N–H and O–H groups in total. The summed E-state index contributed by atoms with van der Waals surface area (Å²) in [6.45, 7) is 0. The summed E-state index contributed by atoms with van der Waals surface area (Å²) < 4.78 is 13.6. The van der Waals surface area contributed by atoms with Crippen molar-refractivity contribution < 1.29 is 4.39 Å². The summed E-state index contributed by atoms with van der Waals surface area (Å²) >= 11 is 0. The van der Waals surface area contributed by atoms with Crippen LogP contribution in [0.4, 0.5) is 4.39 Å². The maximum absolute atomic E-state index is 13.6. The largest absolute Gasteiger partial charge is 0.277 e. The third-order valence-electron chi connectivity index (χ3n) is 2.60. The first-order valence-corrected chi connectivity index (χ1v) is 5.04. The van der Waals surface area contributed by atoms with Crippen molar-refractivity contribution in [1.29, 1.82) is 0 Å².